The van der Waals surface area contributed by atoms with Crippen molar-refractivity contribution in [2.24, 2.45) is 0 Å². The molecule has 20 heavy (non-hydrogen) atoms. The molecule has 110 valence electrons. The fourth-order valence-corrected chi connectivity index (χ4v) is 3.45. The van der Waals surface area contributed by atoms with E-state index in [4.69, 9.17) is 35.4 Å². The van der Waals surface area contributed by atoms with Crippen molar-refractivity contribution in [2.45, 2.75) is 45.1 Å². The van der Waals surface area contributed by atoms with E-state index >= 15 is 0 Å². The van der Waals surface area contributed by atoms with Crippen LogP contribution < -0.4 is 5.32 Å². The van der Waals surface area contributed by atoms with Crippen LogP contribution in [-0.4, -0.2) is 22.6 Å². The van der Waals surface area contributed by atoms with E-state index in [1.807, 2.05) is 12.1 Å². The molecule has 1 aromatic carbocycles. The Kier molecular flexibility index (Phi) is 5.94. The Morgan fingerprint density at radius 2 is 2.15 bits per heavy atom. The number of likely N-dealkylation sites (tertiary alicyclic amines) is 1. The topological polar surface area (TPSA) is 15.3 Å². The number of halogens is 2. The SMILES string of the molecule is CCC1CCCCCN1C(=S)Nc1ccc(Cl)cc1Cl. The van der Waals surface area contributed by atoms with Gasteiger partial charge in [-0.2, -0.15) is 0 Å². The third kappa shape index (κ3) is 4.00. The summed E-state index contributed by atoms with van der Waals surface area (Å²) in [5, 5.41) is 5.26. The quantitative estimate of drug-likeness (QED) is 0.736. The monoisotopic (exact) mass is 330 g/mol. The van der Waals surface area contributed by atoms with E-state index in [1.165, 1.54) is 25.7 Å². The summed E-state index contributed by atoms with van der Waals surface area (Å²) >= 11 is 17.7. The average Bonchev–Trinajstić information content (AvgIpc) is 2.67. The van der Waals surface area contributed by atoms with Gasteiger partial charge in [0.1, 0.15) is 0 Å². The second kappa shape index (κ2) is 7.48. The Hall–Kier alpha value is -0.510. The molecule has 0 saturated carbocycles. The Morgan fingerprint density at radius 1 is 1.35 bits per heavy atom. The van der Waals surface area contributed by atoms with Crippen LogP contribution in [0.1, 0.15) is 39.0 Å². The largest absolute Gasteiger partial charge is 0.346 e. The first-order valence-corrected chi connectivity index (χ1v) is 8.31. The van der Waals surface area contributed by atoms with Gasteiger partial charge in [-0.15, -0.1) is 0 Å². The standard InChI is InChI=1S/C15H20Cl2N2S/c1-2-12-6-4-3-5-9-19(12)15(20)18-14-8-7-11(16)10-13(14)17/h7-8,10,12H,2-6,9H2,1H3,(H,18,20). The Morgan fingerprint density at radius 3 is 2.85 bits per heavy atom. The minimum atomic E-state index is 0.531. The molecule has 0 aliphatic carbocycles. The summed E-state index contributed by atoms with van der Waals surface area (Å²) in [5.41, 5.74) is 0.820. The zero-order valence-corrected chi connectivity index (χ0v) is 14.0. The van der Waals surface area contributed by atoms with Crippen molar-refractivity contribution in [3.63, 3.8) is 0 Å². The maximum Gasteiger partial charge on any atom is 0.173 e. The number of anilines is 1. The van der Waals surface area contributed by atoms with Crippen molar-refractivity contribution >= 4 is 46.2 Å². The Labute approximate surface area is 136 Å². The van der Waals surface area contributed by atoms with Crippen LogP contribution >= 0.6 is 35.4 Å². The van der Waals surface area contributed by atoms with Gasteiger partial charge in [0.05, 0.1) is 10.7 Å². The highest BCUT2D eigenvalue weighted by Gasteiger charge is 2.22. The fourth-order valence-electron chi connectivity index (χ4n) is 2.65. The van der Waals surface area contributed by atoms with E-state index < -0.39 is 0 Å². The molecule has 5 heteroatoms. The van der Waals surface area contributed by atoms with E-state index in [0.717, 1.165) is 23.8 Å². The van der Waals surface area contributed by atoms with Crippen molar-refractivity contribution in [3.05, 3.63) is 28.2 Å². The molecule has 0 spiro atoms. The molecule has 0 aromatic heterocycles. The molecule has 1 fully saturated rings. The maximum atomic E-state index is 6.19. The highest BCUT2D eigenvalue weighted by Crippen LogP contribution is 2.27. The minimum Gasteiger partial charge on any atom is -0.346 e. The first-order chi connectivity index (χ1) is 9.61. The van der Waals surface area contributed by atoms with Crippen LogP contribution in [0.15, 0.2) is 18.2 Å². The number of thiocarbonyl (C=S) groups is 1. The lowest BCUT2D eigenvalue weighted by Gasteiger charge is -2.32. The summed E-state index contributed by atoms with van der Waals surface area (Å²) in [5.74, 6) is 0. The van der Waals surface area contributed by atoms with Crippen LogP contribution in [0.2, 0.25) is 10.0 Å². The predicted octanol–water partition coefficient (Wildman–Crippen LogP) is 5.34. The van der Waals surface area contributed by atoms with E-state index in [9.17, 15) is 0 Å². The molecule has 1 unspecified atom stereocenters. The molecular formula is C15H20Cl2N2S. The van der Waals surface area contributed by atoms with Gasteiger partial charge in [0, 0.05) is 17.6 Å². The first-order valence-electron chi connectivity index (χ1n) is 7.14. The molecular weight excluding hydrogens is 311 g/mol. The summed E-state index contributed by atoms with van der Waals surface area (Å²) in [6.07, 6.45) is 6.12. The van der Waals surface area contributed by atoms with Crippen molar-refractivity contribution in [2.75, 3.05) is 11.9 Å². The summed E-state index contributed by atoms with van der Waals surface area (Å²) in [6.45, 7) is 3.25. The van der Waals surface area contributed by atoms with Gasteiger partial charge in [0.2, 0.25) is 0 Å². The molecule has 0 bridgehead atoms. The number of nitrogens with one attached hydrogen (secondary N) is 1. The molecule has 2 rings (SSSR count). The molecule has 1 saturated heterocycles. The van der Waals surface area contributed by atoms with Gasteiger partial charge in [-0.25, -0.2) is 0 Å². The Balaban J connectivity index is 2.09. The number of nitrogens with zero attached hydrogens (tertiary/aromatic N) is 1. The van der Waals surface area contributed by atoms with Crippen LogP contribution in [0.4, 0.5) is 5.69 Å². The second-order valence-corrected chi connectivity index (χ2v) is 6.39. The van der Waals surface area contributed by atoms with Crippen molar-refractivity contribution in [1.82, 2.24) is 4.90 Å². The normalized spacial score (nSPS) is 19.6. The molecule has 1 aliphatic heterocycles. The second-order valence-electron chi connectivity index (χ2n) is 5.16. The molecule has 1 aromatic rings. The molecule has 1 heterocycles. The molecule has 1 aliphatic rings. The van der Waals surface area contributed by atoms with Crippen LogP contribution in [0.3, 0.4) is 0 Å². The van der Waals surface area contributed by atoms with E-state index in [-0.39, 0.29) is 0 Å². The highest BCUT2D eigenvalue weighted by atomic mass is 35.5. The van der Waals surface area contributed by atoms with Gasteiger partial charge in [-0.3, -0.25) is 0 Å². The highest BCUT2D eigenvalue weighted by molar-refractivity contribution is 7.80. The van der Waals surface area contributed by atoms with Crippen molar-refractivity contribution < 1.29 is 0 Å². The predicted molar refractivity (Wildman–Crippen MR) is 91.9 cm³/mol. The lowest BCUT2D eigenvalue weighted by molar-refractivity contribution is 0.311. The average molecular weight is 331 g/mol. The van der Waals surface area contributed by atoms with E-state index in [2.05, 4.69) is 17.1 Å². The molecule has 1 atom stereocenters. The number of hydrogen-bond donors (Lipinski definition) is 1. The lowest BCUT2D eigenvalue weighted by atomic mass is 10.1. The van der Waals surface area contributed by atoms with Crippen LogP contribution in [0.25, 0.3) is 0 Å². The van der Waals surface area contributed by atoms with Gasteiger partial charge >= 0.3 is 0 Å². The number of benzene rings is 1. The summed E-state index contributed by atoms with van der Waals surface area (Å²) in [4.78, 5) is 2.31. The van der Waals surface area contributed by atoms with E-state index in [0.29, 0.717) is 16.1 Å². The van der Waals surface area contributed by atoms with Gasteiger partial charge < -0.3 is 10.2 Å². The molecule has 0 amide bonds. The summed E-state index contributed by atoms with van der Waals surface area (Å²) < 4.78 is 0. The maximum absolute atomic E-state index is 6.19. The van der Waals surface area contributed by atoms with Crippen molar-refractivity contribution in [1.29, 1.82) is 0 Å². The molecule has 2 nitrogen and oxygen atoms in total. The van der Waals surface area contributed by atoms with E-state index in [1.54, 1.807) is 6.07 Å². The van der Waals surface area contributed by atoms with Gasteiger partial charge in [-0.1, -0.05) is 43.0 Å². The fraction of sp³-hybridized carbons (Fsp3) is 0.533. The van der Waals surface area contributed by atoms with Gasteiger partial charge in [0.25, 0.3) is 0 Å². The van der Waals surface area contributed by atoms with Gasteiger partial charge in [-0.05, 0) is 49.7 Å². The summed E-state index contributed by atoms with van der Waals surface area (Å²) in [7, 11) is 0. The van der Waals surface area contributed by atoms with Crippen LogP contribution in [0.5, 0.6) is 0 Å². The third-order valence-corrected chi connectivity index (χ3v) is 4.67. The number of hydrogen-bond acceptors (Lipinski definition) is 1. The lowest BCUT2D eigenvalue weighted by Crippen LogP contribution is -2.42. The van der Waals surface area contributed by atoms with Crippen LogP contribution in [0, 0.1) is 0 Å². The Bertz CT molecular complexity index is 479. The molecule has 0 radical (unpaired) electrons. The van der Waals surface area contributed by atoms with Crippen molar-refractivity contribution in [3.8, 4) is 0 Å². The molecule has 1 N–H and O–H groups in total. The smallest absolute Gasteiger partial charge is 0.173 e. The van der Waals surface area contributed by atoms with Crippen LogP contribution in [-0.2, 0) is 0 Å². The third-order valence-electron chi connectivity index (χ3n) is 3.78. The van der Waals surface area contributed by atoms with Gasteiger partial charge in [0.15, 0.2) is 5.11 Å². The minimum absolute atomic E-state index is 0.531. The zero-order valence-electron chi connectivity index (χ0n) is 11.7. The zero-order chi connectivity index (χ0) is 14.5. The first kappa shape index (κ1) is 15.9. The summed E-state index contributed by atoms with van der Waals surface area (Å²) in [6, 6.07) is 5.95. The number of rotatable bonds is 2.